The number of amides is 1. The van der Waals surface area contributed by atoms with E-state index < -0.39 is 0 Å². The van der Waals surface area contributed by atoms with Crippen LogP contribution in [0.1, 0.15) is 5.56 Å². The number of thiazole rings is 1. The Morgan fingerprint density at radius 2 is 1.94 bits per heavy atom. The van der Waals surface area contributed by atoms with Gasteiger partial charge in [0.25, 0.3) is 0 Å². The molecule has 0 aliphatic carbocycles. The summed E-state index contributed by atoms with van der Waals surface area (Å²) in [5.74, 6) is 1.42. The zero-order valence-electron chi connectivity index (χ0n) is 18.0. The molecule has 1 aromatic heterocycles. The number of carbonyl (C=O) groups is 1. The van der Waals surface area contributed by atoms with Gasteiger partial charge in [-0.1, -0.05) is 29.0 Å². The maximum atomic E-state index is 12.1. The van der Waals surface area contributed by atoms with Gasteiger partial charge >= 0.3 is 0 Å². The van der Waals surface area contributed by atoms with Crippen molar-refractivity contribution in [3.63, 3.8) is 0 Å². The van der Waals surface area contributed by atoms with Crippen molar-refractivity contribution in [2.45, 2.75) is 11.8 Å². The van der Waals surface area contributed by atoms with Crippen LogP contribution in [0, 0.1) is 6.92 Å². The highest BCUT2D eigenvalue weighted by molar-refractivity contribution is 8.00. The van der Waals surface area contributed by atoms with Crippen molar-refractivity contribution < 1.29 is 9.53 Å². The largest absolute Gasteiger partial charge is 0.497 e. The number of benzene rings is 2. The molecule has 6 nitrogen and oxygen atoms in total. The van der Waals surface area contributed by atoms with E-state index in [4.69, 9.17) is 9.72 Å². The summed E-state index contributed by atoms with van der Waals surface area (Å²) in [6, 6.07) is 14.3. The van der Waals surface area contributed by atoms with Crippen molar-refractivity contribution >= 4 is 44.4 Å². The monoisotopic (exact) mass is 456 g/mol. The fraction of sp³-hybridized carbons (Fsp3) is 0.391. The van der Waals surface area contributed by atoms with Gasteiger partial charge < -0.3 is 15.0 Å². The summed E-state index contributed by atoms with van der Waals surface area (Å²) < 4.78 is 6.47. The first-order valence-electron chi connectivity index (χ1n) is 10.5. The standard InChI is InChI=1S/C23H28N4O2S2/c1-17-3-6-19(7-4-17)30-16-22(28)24-9-10-26-11-13-27(14-12-26)23-25-20-8-5-18(29-2)15-21(20)31-23/h3-8,15H,9-14,16H2,1-2H3,(H,24,28). The predicted octanol–water partition coefficient (Wildman–Crippen LogP) is 3.64. The number of rotatable bonds is 8. The van der Waals surface area contributed by atoms with Crippen LogP contribution in [0.4, 0.5) is 5.13 Å². The first-order valence-corrected chi connectivity index (χ1v) is 12.3. The van der Waals surface area contributed by atoms with Crippen LogP contribution in [0.5, 0.6) is 5.75 Å². The molecule has 0 bridgehead atoms. The molecule has 0 atom stereocenters. The van der Waals surface area contributed by atoms with E-state index in [1.54, 1.807) is 30.2 Å². The van der Waals surface area contributed by atoms with Crippen LogP contribution >= 0.6 is 23.1 Å². The Kier molecular flexibility index (Phi) is 7.32. The van der Waals surface area contributed by atoms with E-state index in [0.29, 0.717) is 12.3 Å². The maximum absolute atomic E-state index is 12.1. The lowest BCUT2D eigenvalue weighted by Gasteiger charge is -2.34. The third-order valence-corrected chi connectivity index (χ3v) is 7.46. The molecule has 3 aromatic rings. The van der Waals surface area contributed by atoms with Crippen molar-refractivity contribution in [2.75, 3.05) is 57.0 Å². The SMILES string of the molecule is COc1ccc2nc(N3CCN(CCNC(=O)CSc4ccc(C)cc4)CC3)sc2c1. The summed E-state index contributed by atoms with van der Waals surface area (Å²) in [6.07, 6.45) is 0. The third kappa shape index (κ3) is 5.90. The van der Waals surface area contributed by atoms with Crippen molar-refractivity contribution in [1.82, 2.24) is 15.2 Å². The zero-order valence-corrected chi connectivity index (χ0v) is 19.6. The highest BCUT2D eigenvalue weighted by atomic mass is 32.2. The number of carbonyl (C=O) groups excluding carboxylic acids is 1. The van der Waals surface area contributed by atoms with Gasteiger partial charge in [0.2, 0.25) is 5.91 Å². The van der Waals surface area contributed by atoms with Gasteiger partial charge in [0, 0.05) is 44.2 Å². The lowest BCUT2D eigenvalue weighted by molar-refractivity contribution is -0.118. The molecule has 8 heteroatoms. The number of aromatic nitrogens is 1. The van der Waals surface area contributed by atoms with E-state index >= 15 is 0 Å². The molecule has 0 saturated carbocycles. The predicted molar refractivity (Wildman–Crippen MR) is 130 cm³/mol. The Bertz CT molecular complexity index is 1010. The number of hydrogen-bond donors (Lipinski definition) is 1. The molecule has 1 fully saturated rings. The summed E-state index contributed by atoms with van der Waals surface area (Å²) in [6.45, 7) is 7.50. The maximum Gasteiger partial charge on any atom is 0.230 e. The smallest absolute Gasteiger partial charge is 0.230 e. The molecule has 2 aromatic carbocycles. The molecule has 0 radical (unpaired) electrons. The van der Waals surface area contributed by atoms with E-state index in [-0.39, 0.29) is 5.91 Å². The molecule has 2 heterocycles. The average Bonchev–Trinajstić information content (AvgIpc) is 3.22. The topological polar surface area (TPSA) is 57.7 Å². The summed E-state index contributed by atoms with van der Waals surface area (Å²) in [4.78, 5) is 22.8. The Morgan fingerprint density at radius 1 is 1.16 bits per heavy atom. The van der Waals surface area contributed by atoms with E-state index in [9.17, 15) is 4.79 Å². The van der Waals surface area contributed by atoms with Gasteiger partial charge in [0.05, 0.1) is 23.1 Å². The molecule has 1 aliphatic heterocycles. The van der Waals surface area contributed by atoms with E-state index in [0.717, 1.165) is 58.7 Å². The van der Waals surface area contributed by atoms with Crippen LogP contribution in [0.25, 0.3) is 10.2 Å². The number of hydrogen-bond acceptors (Lipinski definition) is 7. The van der Waals surface area contributed by atoms with Crippen LogP contribution in [0.15, 0.2) is 47.4 Å². The first kappa shape index (κ1) is 21.9. The second kappa shape index (κ2) is 10.3. The van der Waals surface area contributed by atoms with Crippen molar-refractivity contribution in [2.24, 2.45) is 0 Å². The fourth-order valence-corrected chi connectivity index (χ4v) is 5.28. The average molecular weight is 457 g/mol. The molecule has 1 N–H and O–H groups in total. The number of aryl methyl sites for hydroxylation is 1. The molecule has 1 aliphatic rings. The lowest BCUT2D eigenvalue weighted by Crippen LogP contribution is -2.48. The highest BCUT2D eigenvalue weighted by Crippen LogP contribution is 2.31. The Labute approximate surface area is 191 Å². The Hall–Kier alpha value is -2.29. The molecule has 1 amide bonds. The van der Waals surface area contributed by atoms with E-state index in [2.05, 4.69) is 46.3 Å². The molecule has 4 rings (SSSR count). The van der Waals surface area contributed by atoms with Crippen LogP contribution in [-0.2, 0) is 4.79 Å². The summed E-state index contributed by atoms with van der Waals surface area (Å²) in [7, 11) is 1.69. The minimum absolute atomic E-state index is 0.0918. The Morgan fingerprint density at radius 3 is 2.68 bits per heavy atom. The number of piperazine rings is 1. The molecule has 1 saturated heterocycles. The quantitative estimate of drug-likeness (QED) is 0.522. The molecule has 31 heavy (non-hydrogen) atoms. The number of methoxy groups -OCH3 is 1. The van der Waals surface area contributed by atoms with Crippen molar-refractivity contribution in [3.05, 3.63) is 48.0 Å². The zero-order chi connectivity index (χ0) is 21.6. The number of nitrogens with one attached hydrogen (secondary N) is 1. The van der Waals surface area contributed by atoms with Gasteiger partial charge in [-0.05, 0) is 37.3 Å². The first-order chi connectivity index (χ1) is 15.1. The van der Waals surface area contributed by atoms with E-state index in [1.165, 1.54) is 5.56 Å². The van der Waals surface area contributed by atoms with Gasteiger partial charge in [-0.25, -0.2) is 4.98 Å². The van der Waals surface area contributed by atoms with Gasteiger partial charge in [-0.2, -0.15) is 0 Å². The second-order valence-electron chi connectivity index (χ2n) is 7.61. The fourth-order valence-electron chi connectivity index (χ4n) is 3.51. The minimum atomic E-state index is 0.0918. The lowest BCUT2D eigenvalue weighted by atomic mass is 10.2. The van der Waals surface area contributed by atoms with Crippen LogP contribution < -0.4 is 15.0 Å². The summed E-state index contributed by atoms with van der Waals surface area (Å²) in [5.41, 5.74) is 2.26. The molecule has 0 spiro atoms. The van der Waals surface area contributed by atoms with Crippen molar-refractivity contribution in [3.8, 4) is 5.75 Å². The Balaban J connectivity index is 1.17. The number of anilines is 1. The molecule has 164 valence electrons. The van der Waals surface area contributed by atoms with Gasteiger partial charge in [0.1, 0.15) is 5.75 Å². The second-order valence-corrected chi connectivity index (χ2v) is 9.67. The van der Waals surface area contributed by atoms with Gasteiger partial charge in [-0.15, -0.1) is 11.8 Å². The minimum Gasteiger partial charge on any atom is -0.497 e. The van der Waals surface area contributed by atoms with E-state index in [1.807, 2.05) is 18.2 Å². The van der Waals surface area contributed by atoms with Crippen LogP contribution in [-0.4, -0.2) is 67.9 Å². The summed E-state index contributed by atoms with van der Waals surface area (Å²) >= 11 is 3.30. The van der Waals surface area contributed by atoms with Gasteiger partial charge in [-0.3, -0.25) is 9.69 Å². The molecular formula is C23H28N4O2S2. The molecular weight excluding hydrogens is 428 g/mol. The third-order valence-electron chi connectivity index (χ3n) is 5.37. The number of ether oxygens (including phenoxy) is 1. The normalized spacial score (nSPS) is 14.7. The van der Waals surface area contributed by atoms with Crippen LogP contribution in [0.2, 0.25) is 0 Å². The number of fused-ring (bicyclic) bond motifs is 1. The van der Waals surface area contributed by atoms with Crippen molar-refractivity contribution in [1.29, 1.82) is 0 Å². The summed E-state index contributed by atoms with van der Waals surface area (Å²) in [5, 5.41) is 4.12. The number of thioether (sulfide) groups is 1. The highest BCUT2D eigenvalue weighted by Gasteiger charge is 2.20. The van der Waals surface area contributed by atoms with Crippen LogP contribution in [0.3, 0.4) is 0 Å². The molecule has 0 unspecified atom stereocenters. The van der Waals surface area contributed by atoms with Gasteiger partial charge in [0.15, 0.2) is 5.13 Å². The number of nitrogens with zero attached hydrogens (tertiary/aromatic N) is 3.